The molecule has 6 heteroatoms. The maximum Gasteiger partial charge on any atom is 0.418 e. The van der Waals surface area contributed by atoms with E-state index in [0.717, 1.165) is 25.3 Å². The highest BCUT2D eigenvalue weighted by atomic mass is 79.9. The average molecular weight is 333 g/mol. The standard InChI is InChI=1S/C13H12BrF3N2/c14-9-4-5-12(10(6-9)13(15,16)17)19-11-3-1-2-8(11)7-18/h4-6,8,11,19H,1-3H2. The third-order valence-corrected chi connectivity index (χ3v) is 3.80. The van der Waals surface area contributed by atoms with Crippen LogP contribution in [0.25, 0.3) is 0 Å². The first-order valence-corrected chi connectivity index (χ1v) is 6.74. The summed E-state index contributed by atoms with van der Waals surface area (Å²) in [5.41, 5.74) is -0.659. The van der Waals surface area contributed by atoms with E-state index in [2.05, 4.69) is 27.3 Å². The van der Waals surface area contributed by atoms with Gasteiger partial charge in [-0.15, -0.1) is 0 Å². The molecule has 1 fully saturated rings. The first-order valence-electron chi connectivity index (χ1n) is 5.94. The Bertz CT molecular complexity index is 508. The van der Waals surface area contributed by atoms with Crippen molar-refractivity contribution in [3.05, 3.63) is 28.2 Å². The number of alkyl halides is 3. The van der Waals surface area contributed by atoms with Crippen molar-refractivity contribution in [2.75, 3.05) is 5.32 Å². The number of nitriles is 1. The fraction of sp³-hybridized carbons (Fsp3) is 0.462. The third-order valence-electron chi connectivity index (χ3n) is 3.31. The Morgan fingerprint density at radius 1 is 1.32 bits per heavy atom. The molecule has 102 valence electrons. The van der Waals surface area contributed by atoms with Crippen LogP contribution < -0.4 is 5.32 Å². The van der Waals surface area contributed by atoms with E-state index in [0.29, 0.717) is 4.47 Å². The molecule has 2 unspecified atom stereocenters. The summed E-state index contributed by atoms with van der Waals surface area (Å²) in [5.74, 6) is -0.218. The van der Waals surface area contributed by atoms with E-state index in [9.17, 15) is 13.2 Å². The second-order valence-electron chi connectivity index (χ2n) is 4.60. The van der Waals surface area contributed by atoms with E-state index in [1.165, 1.54) is 6.07 Å². The highest BCUT2D eigenvalue weighted by molar-refractivity contribution is 9.10. The lowest BCUT2D eigenvalue weighted by molar-refractivity contribution is -0.137. The summed E-state index contributed by atoms with van der Waals surface area (Å²) in [6.45, 7) is 0. The topological polar surface area (TPSA) is 35.8 Å². The number of rotatable bonds is 2. The molecular weight excluding hydrogens is 321 g/mol. The highest BCUT2D eigenvalue weighted by Crippen LogP contribution is 2.38. The van der Waals surface area contributed by atoms with Crippen molar-refractivity contribution in [1.29, 1.82) is 5.26 Å². The van der Waals surface area contributed by atoms with Crippen molar-refractivity contribution in [2.45, 2.75) is 31.5 Å². The summed E-state index contributed by atoms with van der Waals surface area (Å²) in [4.78, 5) is 0. The molecule has 1 saturated carbocycles. The number of hydrogen-bond acceptors (Lipinski definition) is 2. The van der Waals surface area contributed by atoms with Crippen molar-refractivity contribution >= 4 is 21.6 Å². The zero-order valence-corrected chi connectivity index (χ0v) is 11.6. The molecule has 2 nitrogen and oxygen atoms in total. The Morgan fingerprint density at radius 2 is 2.05 bits per heavy atom. The number of nitrogens with zero attached hydrogens (tertiary/aromatic N) is 1. The molecule has 19 heavy (non-hydrogen) atoms. The van der Waals surface area contributed by atoms with Gasteiger partial charge in [0.25, 0.3) is 0 Å². The monoisotopic (exact) mass is 332 g/mol. The average Bonchev–Trinajstić information content (AvgIpc) is 2.77. The van der Waals surface area contributed by atoms with E-state index in [1.54, 1.807) is 6.07 Å². The van der Waals surface area contributed by atoms with E-state index < -0.39 is 11.7 Å². The Balaban J connectivity index is 2.28. The van der Waals surface area contributed by atoms with Gasteiger partial charge in [-0.2, -0.15) is 18.4 Å². The van der Waals surface area contributed by atoms with E-state index in [1.807, 2.05) is 0 Å². The third kappa shape index (κ3) is 3.21. The summed E-state index contributed by atoms with van der Waals surface area (Å²) in [5, 5.41) is 11.8. The summed E-state index contributed by atoms with van der Waals surface area (Å²) >= 11 is 3.05. The second kappa shape index (κ2) is 5.41. The molecule has 0 spiro atoms. The van der Waals surface area contributed by atoms with Crippen LogP contribution in [0.2, 0.25) is 0 Å². The van der Waals surface area contributed by atoms with Crippen LogP contribution in [0.5, 0.6) is 0 Å². The van der Waals surface area contributed by atoms with Crippen LogP contribution in [0, 0.1) is 17.2 Å². The summed E-state index contributed by atoms with van der Waals surface area (Å²) in [6.07, 6.45) is -2.07. The Hall–Kier alpha value is -1.22. The second-order valence-corrected chi connectivity index (χ2v) is 5.52. The molecular formula is C13H12BrF3N2. The van der Waals surface area contributed by atoms with Gasteiger partial charge in [0.05, 0.1) is 17.6 Å². The van der Waals surface area contributed by atoms with Gasteiger partial charge in [-0.1, -0.05) is 15.9 Å². The van der Waals surface area contributed by atoms with Crippen molar-refractivity contribution in [2.24, 2.45) is 5.92 Å². The van der Waals surface area contributed by atoms with Gasteiger partial charge >= 0.3 is 6.18 Å². The van der Waals surface area contributed by atoms with Crippen LogP contribution in [0.3, 0.4) is 0 Å². The molecule has 0 saturated heterocycles. The Morgan fingerprint density at radius 3 is 2.68 bits per heavy atom. The van der Waals surface area contributed by atoms with Crippen LogP contribution in [0.4, 0.5) is 18.9 Å². The molecule has 2 atom stereocenters. The molecule has 0 heterocycles. The molecule has 0 bridgehead atoms. The molecule has 2 rings (SSSR count). The van der Waals surface area contributed by atoms with Gasteiger partial charge in [0.1, 0.15) is 0 Å². The predicted octanol–water partition coefficient (Wildman–Crippen LogP) is 4.57. The zero-order valence-electron chi connectivity index (χ0n) is 9.97. The van der Waals surface area contributed by atoms with Crippen LogP contribution >= 0.6 is 15.9 Å². The number of benzene rings is 1. The van der Waals surface area contributed by atoms with Crippen molar-refractivity contribution < 1.29 is 13.2 Å². The number of anilines is 1. The summed E-state index contributed by atoms with van der Waals surface area (Å²) in [7, 11) is 0. The first kappa shape index (κ1) is 14.2. The lowest BCUT2D eigenvalue weighted by Crippen LogP contribution is -2.24. The Labute approximate surface area is 117 Å². The molecule has 0 radical (unpaired) electrons. The maximum atomic E-state index is 13.0. The molecule has 0 amide bonds. The van der Waals surface area contributed by atoms with Gasteiger partial charge in [-0.25, -0.2) is 0 Å². The number of nitrogens with one attached hydrogen (secondary N) is 1. The van der Waals surface area contributed by atoms with Gasteiger partial charge in [0.2, 0.25) is 0 Å². The van der Waals surface area contributed by atoms with Crippen molar-refractivity contribution in [3.63, 3.8) is 0 Å². The molecule has 1 N–H and O–H groups in total. The van der Waals surface area contributed by atoms with E-state index in [4.69, 9.17) is 5.26 Å². The van der Waals surface area contributed by atoms with Crippen LogP contribution in [-0.2, 0) is 6.18 Å². The van der Waals surface area contributed by atoms with Gasteiger partial charge in [0.15, 0.2) is 0 Å². The van der Waals surface area contributed by atoms with Crippen LogP contribution in [0.1, 0.15) is 24.8 Å². The van der Waals surface area contributed by atoms with Crippen molar-refractivity contribution in [3.8, 4) is 6.07 Å². The predicted molar refractivity (Wildman–Crippen MR) is 69.5 cm³/mol. The summed E-state index contributed by atoms with van der Waals surface area (Å²) in [6, 6.07) is 5.97. The lowest BCUT2D eigenvalue weighted by atomic mass is 10.0. The van der Waals surface area contributed by atoms with Gasteiger partial charge < -0.3 is 5.32 Å². The number of hydrogen-bond donors (Lipinski definition) is 1. The van der Waals surface area contributed by atoms with Crippen LogP contribution in [0.15, 0.2) is 22.7 Å². The van der Waals surface area contributed by atoms with Crippen LogP contribution in [-0.4, -0.2) is 6.04 Å². The molecule has 0 aromatic heterocycles. The Kier molecular flexibility index (Phi) is 4.04. The fourth-order valence-corrected chi connectivity index (χ4v) is 2.73. The van der Waals surface area contributed by atoms with Gasteiger partial charge in [0, 0.05) is 16.2 Å². The SMILES string of the molecule is N#CC1CCCC1Nc1ccc(Br)cc1C(F)(F)F. The number of halogens is 4. The molecule has 1 aliphatic rings. The lowest BCUT2D eigenvalue weighted by Gasteiger charge is -2.21. The molecule has 1 aromatic carbocycles. The molecule has 1 aliphatic carbocycles. The van der Waals surface area contributed by atoms with Gasteiger partial charge in [-0.3, -0.25) is 0 Å². The minimum absolute atomic E-state index is 0.0443. The first-order chi connectivity index (χ1) is 8.91. The van der Waals surface area contributed by atoms with E-state index >= 15 is 0 Å². The van der Waals surface area contributed by atoms with Gasteiger partial charge in [-0.05, 0) is 37.5 Å². The zero-order chi connectivity index (χ0) is 14.0. The quantitative estimate of drug-likeness (QED) is 0.860. The summed E-state index contributed by atoms with van der Waals surface area (Å²) < 4.78 is 39.2. The molecule has 1 aromatic rings. The normalized spacial score (nSPS) is 23.1. The maximum absolute atomic E-state index is 13.0. The largest absolute Gasteiger partial charge is 0.418 e. The van der Waals surface area contributed by atoms with E-state index in [-0.39, 0.29) is 17.6 Å². The fourth-order valence-electron chi connectivity index (χ4n) is 2.36. The smallest absolute Gasteiger partial charge is 0.380 e. The highest BCUT2D eigenvalue weighted by Gasteiger charge is 2.35. The van der Waals surface area contributed by atoms with Crippen molar-refractivity contribution in [1.82, 2.24) is 0 Å². The minimum Gasteiger partial charge on any atom is -0.380 e. The minimum atomic E-state index is -4.41. The molecule has 0 aliphatic heterocycles.